The second-order valence-corrected chi connectivity index (χ2v) is 2.04. The van der Waals surface area contributed by atoms with Crippen molar-refractivity contribution < 1.29 is 18.7 Å². The minimum Gasteiger partial charge on any atom is -0.530 e. The molecule has 0 aliphatic heterocycles. The fraction of sp³-hybridized carbons (Fsp3) is 0. The molecule has 0 spiro atoms. The van der Waals surface area contributed by atoms with Crippen LogP contribution in [-0.2, 0) is 0 Å². The number of carbonyl (C=O) groups is 1. The number of amides is 1. The summed E-state index contributed by atoms with van der Waals surface area (Å²) in [5.74, 6) is -1.74. The molecule has 64 valence electrons. The van der Waals surface area contributed by atoms with E-state index >= 15 is 0 Å². The number of halogens is 2. The molecule has 0 heterocycles. The first-order valence-electron chi connectivity index (χ1n) is 3.02. The summed E-state index contributed by atoms with van der Waals surface area (Å²) in [6, 6.07) is 2.49. The summed E-state index contributed by atoms with van der Waals surface area (Å²) in [6.45, 7) is 0. The van der Waals surface area contributed by atoms with E-state index in [9.17, 15) is 18.7 Å². The Morgan fingerprint density at radius 1 is 1.42 bits per heavy atom. The molecule has 0 bridgehead atoms. The quantitative estimate of drug-likeness (QED) is 0.678. The smallest absolute Gasteiger partial charge is 0.149 e. The third kappa shape index (κ3) is 1.91. The molecule has 1 aromatic rings. The highest BCUT2D eigenvalue weighted by Crippen LogP contribution is 2.13. The molecule has 0 saturated carbocycles. The first kappa shape index (κ1) is 8.45. The number of rotatable bonds is 1. The average molecular weight is 172 g/mol. The molecule has 0 saturated heterocycles. The van der Waals surface area contributed by atoms with E-state index in [1.807, 2.05) is 0 Å². The van der Waals surface area contributed by atoms with E-state index in [1.54, 1.807) is 5.32 Å². The van der Waals surface area contributed by atoms with E-state index in [1.165, 1.54) is 0 Å². The third-order valence-corrected chi connectivity index (χ3v) is 1.17. The van der Waals surface area contributed by atoms with Gasteiger partial charge in [0.05, 0.1) is 5.69 Å². The lowest BCUT2D eigenvalue weighted by Gasteiger charge is -2.06. The predicted octanol–water partition coefficient (Wildman–Crippen LogP) is 0.720. The topological polar surface area (TPSA) is 52.2 Å². The molecule has 12 heavy (non-hydrogen) atoms. The van der Waals surface area contributed by atoms with Gasteiger partial charge in [-0.3, -0.25) is 0 Å². The van der Waals surface area contributed by atoms with Crippen molar-refractivity contribution in [3.63, 3.8) is 0 Å². The van der Waals surface area contributed by atoms with E-state index in [-0.39, 0.29) is 5.69 Å². The van der Waals surface area contributed by atoms with Crippen LogP contribution < -0.4 is 10.4 Å². The largest absolute Gasteiger partial charge is 0.530 e. The Kier molecular flexibility index (Phi) is 2.23. The normalized spacial score (nSPS) is 9.50. The van der Waals surface area contributed by atoms with Gasteiger partial charge in [-0.1, -0.05) is 0 Å². The molecule has 1 rings (SSSR count). The Balaban J connectivity index is 2.93. The van der Waals surface area contributed by atoms with Gasteiger partial charge in [0, 0.05) is 6.07 Å². The molecule has 1 amide bonds. The zero-order valence-corrected chi connectivity index (χ0v) is 5.80. The van der Waals surface area contributed by atoms with Gasteiger partial charge in [0.2, 0.25) is 0 Å². The Morgan fingerprint density at radius 3 is 2.58 bits per heavy atom. The number of anilines is 1. The molecule has 0 fully saturated rings. The molecule has 0 aliphatic carbocycles. The van der Waals surface area contributed by atoms with Gasteiger partial charge in [0.1, 0.15) is 17.7 Å². The molecule has 0 aliphatic rings. The fourth-order valence-corrected chi connectivity index (χ4v) is 0.701. The number of carbonyl (C=O) groups excluding carboxylic acids is 1. The summed E-state index contributed by atoms with van der Waals surface area (Å²) in [4.78, 5) is 9.92. The Bertz CT molecular complexity index is 314. The van der Waals surface area contributed by atoms with Crippen molar-refractivity contribution in [1.29, 1.82) is 0 Å². The fourth-order valence-electron chi connectivity index (χ4n) is 0.701. The lowest BCUT2D eigenvalue weighted by molar-refractivity contribution is -0.242. The third-order valence-electron chi connectivity index (χ3n) is 1.17. The maximum absolute atomic E-state index is 12.6. The maximum Gasteiger partial charge on any atom is 0.149 e. The second-order valence-electron chi connectivity index (χ2n) is 2.04. The van der Waals surface area contributed by atoms with Crippen LogP contribution in [0.2, 0.25) is 0 Å². The highest BCUT2D eigenvalue weighted by Gasteiger charge is 2.01. The number of benzene rings is 1. The van der Waals surface area contributed by atoms with Gasteiger partial charge >= 0.3 is 0 Å². The summed E-state index contributed by atoms with van der Waals surface area (Å²) in [5.41, 5.74) is -0.323. The summed E-state index contributed by atoms with van der Waals surface area (Å²) >= 11 is 0. The standard InChI is InChI=1S/C7H5F2NO2/c8-4-1-2-6(5(9)3-4)10-7(11)12/h1-3,10H,(H,11,12)/p-1. The molecule has 0 unspecified atom stereocenters. The van der Waals surface area contributed by atoms with Gasteiger partial charge in [-0.2, -0.15) is 0 Å². The van der Waals surface area contributed by atoms with Crippen LogP contribution >= 0.6 is 0 Å². The van der Waals surface area contributed by atoms with Gasteiger partial charge in [-0.25, -0.2) is 8.78 Å². The number of hydrogen-bond donors (Lipinski definition) is 1. The SMILES string of the molecule is O=C([O-])Nc1ccc(F)cc1F. The highest BCUT2D eigenvalue weighted by molar-refractivity contribution is 5.81. The van der Waals surface area contributed by atoms with Crippen LogP contribution in [0.15, 0.2) is 18.2 Å². The number of hydrogen-bond acceptors (Lipinski definition) is 2. The van der Waals surface area contributed by atoms with Crippen LogP contribution in [0.4, 0.5) is 19.3 Å². The Labute approximate surface area is 66.6 Å². The predicted molar refractivity (Wildman–Crippen MR) is 35.4 cm³/mol. The van der Waals surface area contributed by atoms with Crippen LogP contribution in [0.5, 0.6) is 0 Å². The van der Waals surface area contributed by atoms with Crippen molar-refractivity contribution >= 4 is 11.8 Å². The highest BCUT2D eigenvalue weighted by atomic mass is 19.1. The van der Waals surface area contributed by atoms with Crippen molar-refractivity contribution in [3.8, 4) is 0 Å². The second kappa shape index (κ2) is 3.17. The zero-order valence-electron chi connectivity index (χ0n) is 5.80. The first-order chi connectivity index (χ1) is 5.59. The van der Waals surface area contributed by atoms with Crippen LogP contribution in [-0.4, -0.2) is 6.09 Å². The van der Waals surface area contributed by atoms with E-state index in [0.29, 0.717) is 6.07 Å². The van der Waals surface area contributed by atoms with E-state index in [2.05, 4.69) is 0 Å². The summed E-state index contributed by atoms with van der Waals surface area (Å²) in [6.07, 6.45) is -1.64. The minimum absolute atomic E-state index is 0.323. The Morgan fingerprint density at radius 2 is 2.08 bits per heavy atom. The lowest BCUT2D eigenvalue weighted by atomic mass is 10.3. The van der Waals surface area contributed by atoms with E-state index in [4.69, 9.17) is 0 Å². The number of carboxylic acid groups (broad SMARTS) is 1. The summed E-state index contributed by atoms with van der Waals surface area (Å²) in [7, 11) is 0. The van der Waals surface area contributed by atoms with Crippen molar-refractivity contribution in [2.45, 2.75) is 0 Å². The first-order valence-corrected chi connectivity index (χ1v) is 3.02. The van der Waals surface area contributed by atoms with Crippen LogP contribution in [0, 0.1) is 11.6 Å². The van der Waals surface area contributed by atoms with Gasteiger partial charge in [-0.05, 0) is 12.1 Å². The monoisotopic (exact) mass is 172 g/mol. The van der Waals surface area contributed by atoms with Gasteiger partial charge < -0.3 is 15.2 Å². The average Bonchev–Trinajstić information content (AvgIpc) is 1.94. The summed E-state index contributed by atoms with van der Waals surface area (Å²) in [5, 5.41) is 11.6. The van der Waals surface area contributed by atoms with Gasteiger partial charge in [-0.15, -0.1) is 0 Å². The molecule has 5 heteroatoms. The van der Waals surface area contributed by atoms with Crippen molar-refractivity contribution in [3.05, 3.63) is 29.8 Å². The van der Waals surface area contributed by atoms with Gasteiger partial charge in [0.15, 0.2) is 0 Å². The van der Waals surface area contributed by atoms with Crippen molar-refractivity contribution in [2.75, 3.05) is 5.32 Å². The minimum atomic E-state index is -1.64. The van der Waals surface area contributed by atoms with E-state index in [0.717, 1.165) is 12.1 Å². The molecule has 3 nitrogen and oxygen atoms in total. The van der Waals surface area contributed by atoms with Crippen molar-refractivity contribution in [2.24, 2.45) is 0 Å². The van der Waals surface area contributed by atoms with Gasteiger partial charge in [0.25, 0.3) is 0 Å². The molecular weight excluding hydrogens is 168 g/mol. The molecule has 1 N–H and O–H groups in total. The number of nitrogens with one attached hydrogen (secondary N) is 1. The molecular formula is C7H4F2NO2-. The van der Waals surface area contributed by atoms with E-state index < -0.39 is 17.7 Å². The molecule has 0 atom stereocenters. The maximum atomic E-state index is 12.6. The molecule has 0 aromatic heterocycles. The lowest BCUT2D eigenvalue weighted by Crippen LogP contribution is -2.29. The van der Waals surface area contributed by atoms with Crippen LogP contribution in [0.25, 0.3) is 0 Å². The van der Waals surface area contributed by atoms with Crippen LogP contribution in [0.1, 0.15) is 0 Å². The molecule has 0 radical (unpaired) electrons. The Hall–Kier alpha value is -1.65. The van der Waals surface area contributed by atoms with Crippen molar-refractivity contribution in [1.82, 2.24) is 0 Å². The zero-order chi connectivity index (χ0) is 9.14. The summed E-state index contributed by atoms with van der Waals surface area (Å²) < 4.78 is 24.9. The molecule has 1 aromatic carbocycles. The van der Waals surface area contributed by atoms with Crippen LogP contribution in [0.3, 0.4) is 0 Å².